The fourth-order valence-electron chi connectivity index (χ4n) is 1.49. The topological polar surface area (TPSA) is 79.3 Å². The molecule has 5 nitrogen and oxygen atoms in total. The number of hydrogen-bond donors (Lipinski definition) is 2. The summed E-state index contributed by atoms with van der Waals surface area (Å²) in [6.45, 7) is 0. The van der Waals surface area contributed by atoms with E-state index < -0.39 is 17.7 Å². The van der Waals surface area contributed by atoms with Gasteiger partial charge in [-0.1, -0.05) is 11.6 Å². The number of aromatic carboxylic acids is 1. The SMILES string of the molecule is O=C(O)c1ccnc(NC(=O)c2ccc(F)cc2Cl)c1. The van der Waals surface area contributed by atoms with Gasteiger partial charge in [-0.2, -0.15) is 0 Å². The molecule has 0 radical (unpaired) electrons. The van der Waals surface area contributed by atoms with Gasteiger partial charge in [-0.15, -0.1) is 0 Å². The van der Waals surface area contributed by atoms with Crippen LogP contribution in [0.1, 0.15) is 20.7 Å². The minimum absolute atomic E-state index is 0.0134. The molecule has 0 aliphatic heterocycles. The van der Waals surface area contributed by atoms with Crippen LogP contribution < -0.4 is 5.32 Å². The van der Waals surface area contributed by atoms with Crippen molar-refractivity contribution in [3.63, 3.8) is 0 Å². The smallest absolute Gasteiger partial charge is 0.335 e. The predicted octanol–water partition coefficient (Wildman–Crippen LogP) is 2.82. The van der Waals surface area contributed by atoms with Gasteiger partial charge in [-0.05, 0) is 30.3 Å². The van der Waals surface area contributed by atoms with Crippen LogP contribution in [0.3, 0.4) is 0 Å². The number of rotatable bonds is 3. The van der Waals surface area contributed by atoms with Crippen molar-refractivity contribution in [2.75, 3.05) is 5.32 Å². The Kier molecular flexibility index (Phi) is 3.95. The van der Waals surface area contributed by atoms with Crippen LogP contribution in [0.25, 0.3) is 0 Å². The summed E-state index contributed by atoms with van der Waals surface area (Å²) < 4.78 is 12.9. The first-order chi connectivity index (χ1) is 9.47. The molecule has 1 heterocycles. The Hall–Kier alpha value is -2.47. The Bertz CT molecular complexity index is 691. The number of pyridine rings is 1. The quantitative estimate of drug-likeness (QED) is 0.912. The lowest BCUT2D eigenvalue weighted by Gasteiger charge is -2.06. The fourth-order valence-corrected chi connectivity index (χ4v) is 1.74. The van der Waals surface area contributed by atoms with Crippen LogP contribution in [-0.2, 0) is 0 Å². The molecule has 102 valence electrons. The van der Waals surface area contributed by atoms with Crippen LogP contribution >= 0.6 is 11.6 Å². The zero-order valence-electron chi connectivity index (χ0n) is 9.93. The van der Waals surface area contributed by atoms with E-state index in [2.05, 4.69) is 10.3 Å². The van der Waals surface area contributed by atoms with Gasteiger partial charge in [0.25, 0.3) is 5.91 Å². The number of carbonyl (C=O) groups is 2. The molecule has 0 unspecified atom stereocenters. The van der Waals surface area contributed by atoms with Crippen molar-refractivity contribution in [1.29, 1.82) is 0 Å². The maximum absolute atomic E-state index is 12.9. The van der Waals surface area contributed by atoms with E-state index in [-0.39, 0.29) is 22.0 Å². The summed E-state index contributed by atoms with van der Waals surface area (Å²) in [5, 5.41) is 11.2. The highest BCUT2D eigenvalue weighted by molar-refractivity contribution is 6.34. The van der Waals surface area contributed by atoms with Crippen molar-refractivity contribution in [2.45, 2.75) is 0 Å². The molecule has 1 aromatic carbocycles. The van der Waals surface area contributed by atoms with E-state index in [9.17, 15) is 14.0 Å². The van der Waals surface area contributed by atoms with Crippen LogP contribution in [0.5, 0.6) is 0 Å². The van der Waals surface area contributed by atoms with Gasteiger partial charge in [0.2, 0.25) is 0 Å². The van der Waals surface area contributed by atoms with Crippen molar-refractivity contribution in [2.24, 2.45) is 0 Å². The third-order valence-corrected chi connectivity index (χ3v) is 2.74. The van der Waals surface area contributed by atoms with Crippen LogP contribution in [0, 0.1) is 5.82 Å². The third kappa shape index (κ3) is 3.10. The van der Waals surface area contributed by atoms with Gasteiger partial charge >= 0.3 is 5.97 Å². The zero-order chi connectivity index (χ0) is 14.7. The normalized spacial score (nSPS) is 10.1. The Balaban J connectivity index is 2.23. The number of benzene rings is 1. The molecule has 2 aromatic rings. The number of carboxylic acid groups (broad SMARTS) is 1. The summed E-state index contributed by atoms with van der Waals surface area (Å²) in [4.78, 5) is 26.5. The van der Waals surface area contributed by atoms with Gasteiger partial charge in [-0.25, -0.2) is 14.2 Å². The molecule has 1 amide bonds. The lowest BCUT2D eigenvalue weighted by atomic mass is 10.2. The fraction of sp³-hybridized carbons (Fsp3) is 0. The molecule has 1 aromatic heterocycles. The summed E-state index contributed by atoms with van der Waals surface area (Å²) in [7, 11) is 0. The summed E-state index contributed by atoms with van der Waals surface area (Å²) in [5.74, 6) is -2.24. The summed E-state index contributed by atoms with van der Waals surface area (Å²) >= 11 is 5.76. The lowest BCUT2D eigenvalue weighted by Crippen LogP contribution is -2.14. The number of amides is 1. The van der Waals surface area contributed by atoms with Crippen LogP contribution in [0.2, 0.25) is 5.02 Å². The molecule has 7 heteroatoms. The number of aromatic nitrogens is 1. The molecule has 0 aliphatic rings. The van der Waals surface area contributed by atoms with E-state index in [1.807, 2.05) is 0 Å². The first-order valence-corrected chi connectivity index (χ1v) is 5.81. The largest absolute Gasteiger partial charge is 0.478 e. The minimum Gasteiger partial charge on any atom is -0.478 e. The molecule has 0 spiro atoms. The molecule has 0 atom stereocenters. The van der Waals surface area contributed by atoms with E-state index in [0.717, 1.165) is 12.1 Å². The average Bonchev–Trinajstić information content (AvgIpc) is 2.38. The molecular weight excluding hydrogens is 287 g/mol. The van der Waals surface area contributed by atoms with Gasteiger partial charge in [0.05, 0.1) is 16.1 Å². The number of carbonyl (C=O) groups excluding carboxylic acids is 1. The minimum atomic E-state index is -1.14. The van der Waals surface area contributed by atoms with E-state index in [1.54, 1.807) is 0 Å². The Morgan fingerprint density at radius 2 is 2.00 bits per heavy atom. The highest BCUT2D eigenvalue weighted by Gasteiger charge is 2.13. The Morgan fingerprint density at radius 1 is 1.25 bits per heavy atom. The molecule has 20 heavy (non-hydrogen) atoms. The number of nitrogens with one attached hydrogen (secondary N) is 1. The molecule has 0 bridgehead atoms. The second kappa shape index (κ2) is 5.66. The van der Waals surface area contributed by atoms with Crippen LogP contribution in [0.4, 0.5) is 10.2 Å². The van der Waals surface area contributed by atoms with E-state index >= 15 is 0 Å². The van der Waals surface area contributed by atoms with E-state index in [1.165, 1.54) is 24.4 Å². The maximum atomic E-state index is 12.9. The Labute approximate surface area is 118 Å². The summed E-state index contributed by atoms with van der Waals surface area (Å²) in [6, 6.07) is 5.84. The van der Waals surface area contributed by atoms with Crippen molar-refractivity contribution >= 4 is 29.3 Å². The number of nitrogens with zero attached hydrogens (tertiary/aromatic N) is 1. The van der Waals surface area contributed by atoms with Crippen molar-refractivity contribution in [3.05, 3.63) is 58.5 Å². The van der Waals surface area contributed by atoms with Crippen LogP contribution in [0.15, 0.2) is 36.5 Å². The monoisotopic (exact) mass is 294 g/mol. The number of carboxylic acids is 1. The van der Waals surface area contributed by atoms with Crippen molar-refractivity contribution < 1.29 is 19.1 Å². The van der Waals surface area contributed by atoms with Crippen molar-refractivity contribution in [1.82, 2.24) is 4.98 Å². The lowest BCUT2D eigenvalue weighted by molar-refractivity contribution is 0.0696. The second-order valence-electron chi connectivity index (χ2n) is 3.81. The van der Waals surface area contributed by atoms with Gasteiger partial charge in [0, 0.05) is 6.20 Å². The highest BCUT2D eigenvalue weighted by Crippen LogP contribution is 2.18. The second-order valence-corrected chi connectivity index (χ2v) is 4.22. The third-order valence-electron chi connectivity index (χ3n) is 2.42. The highest BCUT2D eigenvalue weighted by atomic mass is 35.5. The van der Waals surface area contributed by atoms with E-state index in [4.69, 9.17) is 16.7 Å². The molecule has 2 rings (SSSR count). The van der Waals surface area contributed by atoms with Gasteiger partial charge in [-0.3, -0.25) is 4.79 Å². The van der Waals surface area contributed by atoms with Crippen molar-refractivity contribution in [3.8, 4) is 0 Å². The average molecular weight is 295 g/mol. The Morgan fingerprint density at radius 3 is 2.65 bits per heavy atom. The molecule has 0 saturated heterocycles. The molecule has 0 fully saturated rings. The number of anilines is 1. The molecule has 0 aliphatic carbocycles. The van der Waals surface area contributed by atoms with E-state index in [0.29, 0.717) is 0 Å². The van der Waals surface area contributed by atoms with Gasteiger partial charge < -0.3 is 10.4 Å². The van der Waals surface area contributed by atoms with Crippen LogP contribution in [-0.4, -0.2) is 22.0 Å². The standard InChI is InChI=1S/C13H8ClFN2O3/c14-10-6-8(15)1-2-9(10)12(18)17-11-5-7(13(19)20)3-4-16-11/h1-6H,(H,19,20)(H,16,17,18). The van der Waals surface area contributed by atoms with Gasteiger partial charge in [0.1, 0.15) is 11.6 Å². The first-order valence-electron chi connectivity index (χ1n) is 5.43. The molecule has 2 N–H and O–H groups in total. The number of halogens is 2. The first kappa shape index (κ1) is 14.0. The summed E-state index contributed by atoms with van der Waals surface area (Å²) in [6.07, 6.45) is 1.26. The molecular formula is C13H8ClFN2O3. The maximum Gasteiger partial charge on any atom is 0.335 e. The van der Waals surface area contributed by atoms with Gasteiger partial charge in [0.15, 0.2) is 0 Å². The zero-order valence-corrected chi connectivity index (χ0v) is 10.7. The predicted molar refractivity (Wildman–Crippen MR) is 70.6 cm³/mol. The number of hydrogen-bond acceptors (Lipinski definition) is 3. The summed E-state index contributed by atoms with van der Waals surface area (Å²) in [5.41, 5.74) is 0.0519. The molecule has 0 saturated carbocycles.